The van der Waals surface area contributed by atoms with Crippen LogP contribution in [0.25, 0.3) is 28.6 Å². The highest BCUT2D eigenvalue weighted by Gasteiger charge is 2.15. The van der Waals surface area contributed by atoms with E-state index in [2.05, 4.69) is 40.5 Å². The molecule has 0 fully saturated rings. The van der Waals surface area contributed by atoms with Crippen molar-refractivity contribution in [2.24, 2.45) is 0 Å². The molecule has 9 heteroatoms. The van der Waals surface area contributed by atoms with Crippen LogP contribution in [0.15, 0.2) is 61.1 Å². The number of benzene rings is 1. The van der Waals surface area contributed by atoms with Gasteiger partial charge in [0.15, 0.2) is 5.82 Å². The van der Waals surface area contributed by atoms with Crippen molar-refractivity contribution in [3.05, 3.63) is 72.3 Å². The molecular formula is C21H17N9. The molecule has 4 heterocycles. The summed E-state index contributed by atoms with van der Waals surface area (Å²) < 4.78 is 1.67. The summed E-state index contributed by atoms with van der Waals surface area (Å²) in [4.78, 5) is 17.4. The number of anilines is 2. The maximum atomic E-state index is 4.61. The van der Waals surface area contributed by atoms with Gasteiger partial charge < -0.3 is 5.32 Å². The van der Waals surface area contributed by atoms with Gasteiger partial charge in [-0.05, 0) is 49.7 Å². The van der Waals surface area contributed by atoms with Gasteiger partial charge >= 0.3 is 0 Å². The molecule has 0 amide bonds. The van der Waals surface area contributed by atoms with E-state index < -0.39 is 0 Å². The van der Waals surface area contributed by atoms with Gasteiger partial charge in [-0.15, -0.1) is 15.3 Å². The molecule has 30 heavy (non-hydrogen) atoms. The van der Waals surface area contributed by atoms with Gasteiger partial charge in [0.25, 0.3) is 5.78 Å². The predicted molar refractivity (Wildman–Crippen MR) is 112 cm³/mol. The summed E-state index contributed by atoms with van der Waals surface area (Å²) in [6.07, 6.45) is 5.10. The second-order valence-electron chi connectivity index (χ2n) is 6.78. The molecule has 5 aromatic rings. The van der Waals surface area contributed by atoms with Crippen LogP contribution in [0.5, 0.6) is 0 Å². The summed E-state index contributed by atoms with van der Waals surface area (Å²) in [6.45, 7) is 3.95. The van der Waals surface area contributed by atoms with E-state index in [9.17, 15) is 0 Å². The maximum Gasteiger partial charge on any atom is 0.272 e. The van der Waals surface area contributed by atoms with E-state index in [0.29, 0.717) is 28.9 Å². The zero-order chi connectivity index (χ0) is 20.5. The van der Waals surface area contributed by atoms with Crippen molar-refractivity contribution in [1.82, 2.24) is 39.7 Å². The van der Waals surface area contributed by atoms with Crippen LogP contribution in [0.1, 0.15) is 11.3 Å². The summed E-state index contributed by atoms with van der Waals surface area (Å²) in [5.74, 6) is 1.47. The Morgan fingerprint density at radius 2 is 1.77 bits per heavy atom. The first kappa shape index (κ1) is 17.8. The molecule has 0 bridgehead atoms. The van der Waals surface area contributed by atoms with Crippen molar-refractivity contribution < 1.29 is 0 Å². The molecule has 5 rings (SSSR count). The summed E-state index contributed by atoms with van der Waals surface area (Å²) >= 11 is 0. The SMILES string of the molecule is Cc1cccc(Nc2nccc(-c3nnc4nc(-c5ccncc5)nn4c3C)n2)c1. The molecule has 0 atom stereocenters. The summed E-state index contributed by atoms with van der Waals surface area (Å²) in [6, 6.07) is 13.5. The van der Waals surface area contributed by atoms with E-state index in [0.717, 1.165) is 22.5 Å². The Bertz CT molecular complexity index is 1350. The van der Waals surface area contributed by atoms with E-state index in [1.807, 2.05) is 50.2 Å². The van der Waals surface area contributed by atoms with Crippen LogP contribution in [0.2, 0.25) is 0 Å². The third-order valence-corrected chi connectivity index (χ3v) is 4.60. The largest absolute Gasteiger partial charge is 0.324 e. The van der Waals surface area contributed by atoms with Gasteiger partial charge in [0.1, 0.15) is 5.69 Å². The lowest BCUT2D eigenvalue weighted by atomic mass is 10.2. The molecule has 1 N–H and O–H groups in total. The van der Waals surface area contributed by atoms with Crippen LogP contribution >= 0.6 is 0 Å². The predicted octanol–water partition coefficient (Wildman–Crippen LogP) is 3.40. The van der Waals surface area contributed by atoms with Gasteiger partial charge in [-0.2, -0.15) is 9.50 Å². The van der Waals surface area contributed by atoms with E-state index in [1.54, 1.807) is 29.2 Å². The van der Waals surface area contributed by atoms with Crippen LogP contribution in [0, 0.1) is 13.8 Å². The Labute approximate surface area is 171 Å². The average molecular weight is 395 g/mol. The minimum absolute atomic E-state index is 0.426. The molecule has 9 nitrogen and oxygen atoms in total. The van der Waals surface area contributed by atoms with Crippen LogP contribution in [0.4, 0.5) is 11.6 Å². The van der Waals surface area contributed by atoms with Gasteiger partial charge in [-0.3, -0.25) is 4.98 Å². The van der Waals surface area contributed by atoms with Crippen LogP contribution in [-0.2, 0) is 0 Å². The Morgan fingerprint density at radius 3 is 2.60 bits per heavy atom. The number of nitrogens with one attached hydrogen (secondary N) is 1. The van der Waals surface area contributed by atoms with Crippen molar-refractivity contribution in [3.8, 4) is 22.8 Å². The molecule has 1 aromatic carbocycles. The first-order valence-corrected chi connectivity index (χ1v) is 9.35. The first-order chi connectivity index (χ1) is 14.7. The quantitative estimate of drug-likeness (QED) is 0.493. The summed E-state index contributed by atoms with van der Waals surface area (Å²) in [5.41, 5.74) is 4.98. The van der Waals surface area contributed by atoms with Crippen LogP contribution < -0.4 is 5.32 Å². The molecule has 146 valence electrons. The molecule has 0 aliphatic carbocycles. The number of fused-ring (bicyclic) bond motifs is 1. The molecule has 0 unspecified atom stereocenters. The second-order valence-corrected chi connectivity index (χ2v) is 6.78. The number of hydrogen-bond donors (Lipinski definition) is 1. The normalized spacial score (nSPS) is 11.0. The highest BCUT2D eigenvalue weighted by molar-refractivity contribution is 5.62. The Kier molecular flexibility index (Phi) is 4.32. The Hall–Kier alpha value is -4.27. The number of aromatic nitrogens is 8. The fraction of sp³-hybridized carbons (Fsp3) is 0.0952. The third kappa shape index (κ3) is 3.32. The second kappa shape index (κ2) is 7.28. The van der Waals surface area contributed by atoms with E-state index in [-0.39, 0.29) is 0 Å². The van der Waals surface area contributed by atoms with E-state index >= 15 is 0 Å². The third-order valence-electron chi connectivity index (χ3n) is 4.60. The topological polar surface area (TPSA) is 107 Å². The van der Waals surface area contributed by atoms with Crippen molar-refractivity contribution >= 4 is 17.4 Å². The van der Waals surface area contributed by atoms with Crippen molar-refractivity contribution in [1.29, 1.82) is 0 Å². The van der Waals surface area contributed by atoms with Crippen molar-refractivity contribution in [3.63, 3.8) is 0 Å². The Morgan fingerprint density at radius 1 is 0.900 bits per heavy atom. The van der Waals surface area contributed by atoms with Crippen molar-refractivity contribution in [2.75, 3.05) is 5.32 Å². The van der Waals surface area contributed by atoms with E-state index in [4.69, 9.17) is 0 Å². The van der Waals surface area contributed by atoms with E-state index in [1.165, 1.54) is 0 Å². The minimum Gasteiger partial charge on any atom is -0.324 e. The molecule has 0 aliphatic heterocycles. The number of pyridine rings is 1. The molecule has 0 saturated carbocycles. The van der Waals surface area contributed by atoms with Gasteiger partial charge in [-0.1, -0.05) is 12.1 Å². The van der Waals surface area contributed by atoms with Gasteiger partial charge in [-0.25, -0.2) is 9.97 Å². The lowest BCUT2D eigenvalue weighted by Crippen LogP contribution is -2.05. The highest BCUT2D eigenvalue weighted by Crippen LogP contribution is 2.22. The number of rotatable bonds is 4. The zero-order valence-electron chi connectivity index (χ0n) is 16.4. The average Bonchev–Trinajstić information content (AvgIpc) is 3.20. The van der Waals surface area contributed by atoms with Crippen LogP contribution in [0.3, 0.4) is 0 Å². The molecule has 4 aromatic heterocycles. The minimum atomic E-state index is 0.426. The zero-order valence-corrected chi connectivity index (χ0v) is 16.4. The molecule has 0 radical (unpaired) electrons. The number of hydrogen-bond acceptors (Lipinski definition) is 8. The highest BCUT2D eigenvalue weighted by atomic mass is 15.4. The van der Waals surface area contributed by atoms with Gasteiger partial charge in [0.05, 0.1) is 11.4 Å². The smallest absolute Gasteiger partial charge is 0.272 e. The fourth-order valence-corrected chi connectivity index (χ4v) is 3.12. The Balaban J connectivity index is 1.52. The maximum absolute atomic E-state index is 4.61. The first-order valence-electron chi connectivity index (χ1n) is 9.35. The van der Waals surface area contributed by atoms with Gasteiger partial charge in [0, 0.05) is 29.8 Å². The molecule has 0 aliphatic rings. The monoisotopic (exact) mass is 395 g/mol. The molecular weight excluding hydrogens is 378 g/mol. The van der Waals surface area contributed by atoms with Gasteiger partial charge in [0.2, 0.25) is 5.95 Å². The van der Waals surface area contributed by atoms with Crippen LogP contribution in [-0.4, -0.2) is 39.7 Å². The molecule has 0 saturated heterocycles. The standard InChI is InChI=1S/C21H17N9/c1-13-4-3-5-16(12-13)24-20-23-11-8-17(25-20)18-14(2)30-21(28-27-18)26-19(29-30)15-6-9-22-10-7-15/h3-12H,1-2H3,(H,23,24,25). The molecule has 0 spiro atoms. The fourth-order valence-electron chi connectivity index (χ4n) is 3.12. The number of nitrogens with zero attached hydrogens (tertiary/aromatic N) is 8. The number of aryl methyl sites for hydroxylation is 2. The summed E-state index contributed by atoms with van der Waals surface area (Å²) in [7, 11) is 0. The lowest BCUT2D eigenvalue weighted by Gasteiger charge is -2.08. The summed E-state index contributed by atoms with van der Waals surface area (Å²) in [5, 5.41) is 16.4. The van der Waals surface area contributed by atoms with Crippen molar-refractivity contribution in [2.45, 2.75) is 13.8 Å². The lowest BCUT2D eigenvalue weighted by molar-refractivity contribution is 0.851.